The van der Waals surface area contributed by atoms with Crippen molar-refractivity contribution in [1.82, 2.24) is 5.32 Å². The van der Waals surface area contributed by atoms with Crippen LogP contribution >= 0.6 is 15.9 Å². The number of carbonyl (C=O) groups excluding carboxylic acids is 1. The summed E-state index contributed by atoms with van der Waals surface area (Å²) >= 11 is 3.36. The number of nitrogens with one attached hydrogen (secondary N) is 1. The maximum absolute atomic E-state index is 11.3. The number of benzene rings is 1. The summed E-state index contributed by atoms with van der Waals surface area (Å²) < 4.78 is 6.15. The predicted octanol–water partition coefficient (Wildman–Crippen LogP) is 1.59. The van der Waals surface area contributed by atoms with E-state index in [1.807, 2.05) is 12.1 Å². The number of amides is 1. The second-order valence-corrected chi connectivity index (χ2v) is 4.20. The van der Waals surface area contributed by atoms with Crippen molar-refractivity contribution in [2.75, 3.05) is 13.2 Å². The molecule has 0 unspecified atom stereocenters. The third-order valence-corrected chi connectivity index (χ3v) is 2.65. The van der Waals surface area contributed by atoms with Gasteiger partial charge in [-0.1, -0.05) is 12.1 Å². The summed E-state index contributed by atoms with van der Waals surface area (Å²) in [5.41, 5.74) is 6.51. The zero-order valence-electron chi connectivity index (χ0n) is 9.41. The number of ether oxygens (including phenoxy) is 1. The van der Waals surface area contributed by atoms with Gasteiger partial charge in [0.1, 0.15) is 5.75 Å². The van der Waals surface area contributed by atoms with E-state index in [0.717, 1.165) is 10.0 Å². The van der Waals surface area contributed by atoms with Gasteiger partial charge >= 0.3 is 0 Å². The molecule has 1 rings (SSSR count). The van der Waals surface area contributed by atoms with E-state index < -0.39 is 0 Å². The molecule has 0 aromatic heterocycles. The third-order valence-electron chi connectivity index (χ3n) is 2.03. The van der Waals surface area contributed by atoms with Gasteiger partial charge in [0.2, 0.25) is 0 Å². The molecular formula is C12H15BrN2O2. The molecule has 17 heavy (non-hydrogen) atoms. The Kier molecular flexibility index (Phi) is 5.72. The molecule has 0 spiro atoms. The molecule has 0 aliphatic heterocycles. The van der Waals surface area contributed by atoms with Crippen molar-refractivity contribution in [3.63, 3.8) is 0 Å². The number of carbonyl (C=O) groups is 1. The van der Waals surface area contributed by atoms with Crippen LogP contribution in [-0.4, -0.2) is 19.1 Å². The highest BCUT2D eigenvalue weighted by atomic mass is 79.9. The smallest absolute Gasteiger partial charge is 0.258 e. The minimum absolute atomic E-state index is 0.0194. The van der Waals surface area contributed by atoms with Gasteiger partial charge in [0, 0.05) is 13.1 Å². The Hall–Kier alpha value is -1.33. The maximum Gasteiger partial charge on any atom is 0.258 e. The quantitative estimate of drug-likeness (QED) is 0.784. The van der Waals surface area contributed by atoms with E-state index >= 15 is 0 Å². The van der Waals surface area contributed by atoms with Crippen LogP contribution in [0.25, 0.3) is 0 Å². The molecule has 0 aliphatic carbocycles. The molecule has 4 nitrogen and oxygen atoms in total. The van der Waals surface area contributed by atoms with E-state index in [1.165, 1.54) is 0 Å². The fourth-order valence-corrected chi connectivity index (χ4v) is 1.71. The van der Waals surface area contributed by atoms with Crippen molar-refractivity contribution < 1.29 is 9.53 Å². The lowest BCUT2D eigenvalue weighted by atomic mass is 10.2. The van der Waals surface area contributed by atoms with E-state index in [1.54, 1.807) is 12.1 Å². The topological polar surface area (TPSA) is 64.3 Å². The molecule has 0 saturated carbocycles. The Bertz CT molecular complexity index is 407. The van der Waals surface area contributed by atoms with Crippen molar-refractivity contribution >= 4 is 21.8 Å². The lowest BCUT2D eigenvalue weighted by Gasteiger charge is -2.09. The Morgan fingerprint density at radius 2 is 2.35 bits per heavy atom. The molecule has 1 aromatic rings. The fourth-order valence-electron chi connectivity index (χ4n) is 1.17. The molecule has 92 valence electrons. The van der Waals surface area contributed by atoms with Crippen molar-refractivity contribution in [2.24, 2.45) is 5.73 Å². The van der Waals surface area contributed by atoms with Gasteiger partial charge in [-0.3, -0.25) is 4.79 Å². The number of hydrogen-bond acceptors (Lipinski definition) is 3. The molecule has 0 aliphatic rings. The van der Waals surface area contributed by atoms with Crippen molar-refractivity contribution in [3.8, 4) is 5.75 Å². The van der Waals surface area contributed by atoms with Gasteiger partial charge in [-0.05, 0) is 33.6 Å². The van der Waals surface area contributed by atoms with Gasteiger partial charge in [0.05, 0.1) is 4.47 Å². The summed E-state index contributed by atoms with van der Waals surface area (Å²) in [5, 5.41) is 2.63. The van der Waals surface area contributed by atoms with Gasteiger partial charge in [0.25, 0.3) is 5.91 Å². The van der Waals surface area contributed by atoms with E-state index in [-0.39, 0.29) is 12.5 Å². The lowest BCUT2D eigenvalue weighted by Crippen LogP contribution is -2.28. The zero-order chi connectivity index (χ0) is 12.7. The zero-order valence-corrected chi connectivity index (χ0v) is 11.0. The Balaban J connectivity index is 2.51. The second-order valence-electron chi connectivity index (χ2n) is 3.35. The number of hydrogen-bond donors (Lipinski definition) is 2. The van der Waals surface area contributed by atoms with Crippen LogP contribution in [0.2, 0.25) is 0 Å². The minimum Gasteiger partial charge on any atom is -0.483 e. The SMILES string of the molecule is C=CCNC(=O)COc1ccc(CN)cc1Br. The van der Waals surface area contributed by atoms with E-state index in [4.69, 9.17) is 10.5 Å². The standard InChI is InChI=1S/C12H15BrN2O2/c1-2-5-15-12(16)8-17-11-4-3-9(7-14)6-10(11)13/h2-4,6H,1,5,7-8,14H2,(H,15,16). The fraction of sp³-hybridized carbons (Fsp3) is 0.250. The molecule has 0 saturated heterocycles. The van der Waals surface area contributed by atoms with Crippen LogP contribution in [0.1, 0.15) is 5.56 Å². The molecule has 1 aromatic carbocycles. The van der Waals surface area contributed by atoms with Gasteiger partial charge in [0.15, 0.2) is 6.61 Å². The molecule has 0 heterocycles. The highest BCUT2D eigenvalue weighted by Gasteiger charge is 2.05. The largest absolute Gasteiger partial charge is 0.483 e. The van der Waals surface area contributed by atoms with Crippen molar-refractivity contribution in [2.45, 2.75) is 6.54 Å². The first-order valence-electron chi connectivity index (χ1n) is 5.16. The summed E-state index contributed by atoms with van der Waals surface area (Å²) in [4.78, 5) is 11.3. The highest BCUT2D eigenvalue weighted by Crippen LogP contribution is 2.25. The van der Waals surface area contributed by atoms with Crippen LogP contribution in [-0.2, 0) is 11.3 Å². The molecule has 1 amide bonds. The van der Waals surface area contributed by atoms with Crippen LogP contribution in [0.3, 0.4) is 0 Å². The number of rotatable bonds is 6. The molecule has 0 bridgehead atoms. The Labute approximate surface area is 109 Å². The average molecular weight is 299 g/mol. The molecule has 3 N–H and O–H groups in total. The van der Waals surface area contributed by atoms with Crippen LogP contribution in [0.5, 0.6) is 5.75 Å². The molecule has 5 heteroatoms. The summed E-state index contributed by atoms with van der Waals surface area (Å²) in [6, 6.07) is 5.52. The van der Waals surface area contributed by atoms with E-state index in [0.29, 0.717) is 18.8 Å². The van der Waals surface area contributed by atoms with Crippen LogP contribution in [0.15, 0.2) is 35.3 Å². The molecule has 0 atom stereocenters. The second kappa shape index (κ2) is 7.09. The van der Waals surface area contributed by atoms with Crippen LogP contribution in [0, 0.1) is 0 Å². The summed E-state index contributed by atoms with van der Waals surface area (Å²) in [5.74, 6) is 0.440. The Morgan fingerprint density at radius 3 is 2.94 bits per heavy atom. The monoisotopic (exact) mass is 298 g/mol. The van der Waals surface area contributed by atoms with Gasteiger partial charge in [-0.25, -0.2) is 0 Å². The highest BCUT2D eigenvalue weighted by molar-refractivity contribution is 9.10. The first kappa shape index (κ1) is 13.7. The minimum atomic E-state index is -0.181. The van der Waals surface area contributed by atoms with E-state index in [9.17, 15) is 4.79 Å². The molecule has 0 radical (unpaired) electrons. The summed E-state index contributed by atoms with van der Waals surface area (Å²) in [6.45, 7) is 4.40. The normalized spacial score (nSPS) is 9.76. The van der Waals surface area contributed by atoms with Gasteiger partial charge in [-0.15, -0.1) is 6.58 Å². The summed E-state index contributed by atoms with van der Waals surface area (Å²) in [6.07, 6.45) is 1.61. The maximum atomic E-state index is 11.3. The van der Waals surface area contributed by atoms with Crippen molar-refractivity contribution in [1.29, 1.82) is 0 Å². The number of nitrogens with two attached hydrogens (primary N) is 1. The van der Waals surface area contributed by atoms with Gasteiger partial charge < -0.3 is 15.8 Å². The van der Waals surface area contributed by atoms with Crippen molar-refractivity contribution in [3.05, 3.63) is 40.9 Å². The molecular weight excluding hydrogens is 284 g/mol. The number of halogens is 1. The third kappa shape index (κ3) is 4.58. The summed E-state index contributed by atoms with van der Waals surface area (Å²) in [7, 11) is 0. The van der Waals surface area contributed by atoms with Gasteiger partial charge in [-0.2, -0.15) is 0 Å². The predicted molar refractivity (Wildman–Crippen MR) is 70.7 cm³/mol. The first-order chi connectivity index (χ1) is 8.17. The van der Waals surface area contributed by atoms with Crippen LogP contribution < -0.4 is 15.8 Å². The average Bonchev–Trinajstić information content (AvgIpc) is 2.34. The first-order valence-corrected chi connectivity index (χ1v) is 5.95. The lowest BCUT2D eigenvalue weighted by molar-refractivity contribution is -0.122. The Morgan fingerprint density at radius 1 is 1.59 bits per heavy atom. The van der Waals surface area contributed by atoms with Crippen LogP contribution in [0.4, 0.5) is 0 Å². The van der Waals surface area contributed by atoms with E-state index in [2.05, 4.69) is 27.8 Å². The molecule has 0 fully saturated rings.